The lowest BCUT2D eigenvalue weighted by molar-refractivity contribution is 0.704. The van der Waals surface area contributed by atoms with E-state index in [-0.39, 0.29) is 0 Å². The van der Waals surface area contributed by atoms with Gasteiger partial charge in [-0.2, -0.15) is 0 Å². The fourth-order valence-electron chi connectivity index (χ4n) is 1.81. The molecule has 0 saturated heterocycles. The average molecular weight is 260 g/mol. The van der Waals surface area contributed by atoms with Crippen molar-refractivity contribution in [3.63, 3.8) is 0 Å². The Morgan fingerprint density at radius 1 is 1.25 bits per heavy atom. The molecule has 0 bridgehead atoms. The quantitative estimate of drug-likeness (QED) is 0.529. The molecule has 0 aliphatic heterocycles. The van der Waals surface area contributed by atoms with Gasteiger partial charge in [0.25, 0.3) is 0 Å². The summed E-state index contributed by atoms with van der Waals surface area (Å²) in [7, 11) is 2.08. The molecule has 0 fully saturated rings. The van der Waals surface area contributed by atoms with Crippen molar-refractivity contribution in [2.24, 2.45) is 0 Å². The Morgan fingerprint density at radius 2 is 2.00 bits per heavy atom. The van der Waals surface area contributed by atoms with Crippen LogP contribution in [0.3, 0.4) is 0 Å². The first-order valence-corrected chi connectivity index (χ1v) is 6.66. The van der Waals surface area contributed by atoms with Crippen molar-refractivity contribution in [3.05, 3.63) is 28.8 Å². The van der Waals surface area contributed by atoms with Crippen molar-refractivity contribution in [1.82, 2.24) is 0 Å². The van der Waals surface area contributed by atoms with Gasteiger partial charge in [-0.25, -0.2) is 0 Å². The molecule has 0 radical (unpaired) electrons. The summed E-state index contributed by atoms with van der Waals surface area (Å²) in [4.78, 5) is 2.20. The summed E-state index contributed by atoms with van der Waals surface area (Å²) in [5.74, 6) is 0.508. The van der Waals surface area contributed by atoms with E-state index in [9.17, 15) is 0 Å². The molecule has 1 aromatic carbocycles. The van der Waals surface area contributed by atoms with Gasteiger partial charge >= 0.3 is 0 Å². The van der Waals surface area contributed by atoms with E-state index in [4.69, 9.17) is 23.2 Å². The molecule has 0 atom stereocenters. The molecule has 16 heavy (non-hydrogen) atoms. The highest BCUT2D eigenvalue weighted by Gasteiger charge is 2.10. The van der Waals surface area contributed by atoms with Crippen LogP contribution in [-0.2, 0) is 5.88 Å². The van der Waals surface area contributed by atoms with Gasteiger partial charge in [-0.05, 0) is 18.1 Å². The standard InChI is InChI=1S/C13H19Cl2N/c1-3-4-5-9-16(2)13-11(10-14)7-6-8-12(13)15/h6-8H,3-5,9-10H2,1-2H3. The van der Waals surface area contributed by atoms with Crippen LogP contribution in [0.15, 0.2) is 18.2 Å². The number of hydrogen-bond acceptors (Lipinski definition) is 1. The maximum Gasteiger partial charge on any atom is 0.0642 e. The van der Waals surface area contributed by atoms with Crippen molar-refractivity contribution >= 4 is 28.9 Å². The second-order valence-corrected chi connectivity index (χ2v) is 4.68. The third-order valence-electron chi connectivity index (χ3n) is 2.69. The molecular formula is C13H19Cl2N. The summed E-state index contributed by atoms with van der Waals surface area (Å²) in [6, 6.07) is 5.90. The zero-order chi connectivity index (χ0) is 12.0. The second-order valence-electron chi connectivity index (χ2n) is 4.01. The van der Waals surface area contributed by atoms with Crippen LogP contribution in [-0.4, -0.2) is 13.6 Å². The van der Waals surface area contributed by atoms with Crippen molar-refractivity contribution in [1.29, 1.82) is 0 Å². The smallest absolute Gasteiger partial charge is 0.0642 e. The number of para-hydroxylation sites is 1. The maximum atomic E-state index is 6.22. The van der Waals surface area contributed by atoms with E-state index < -0.39 is 0 Å². The van der Waals surface area contributed by atoms with Crippen LogP contribution in [0, 0.1) is 0 Å². The Hall–Kier alpha value is -0.400. The first-order valence-electron chi connectivity index (χ1n) is 5.75. The monoisotopic (exact) mass is 259 g/mol. The Labute approximate surface area is 108 Å². The summed E-state index contributed by atoms with van der Waals surface area (Å²) in [6.07, 6.45) is 3.68. The van der Waals surface area contributed by atoms with E-state index in [1.54, 1.807) is 0 Å². The number of hydrogen-bond donors (Lipinski definition) is 0. The Morgan fingerprint density at radius 3 is 2.62 bits per heavy atom. The van der Waals surface area contributed by atoms with Crippen LogP contribution in [0.5, 0.6) is 0 Å². The molecule has 0 saturated carbocycles. The minimum Gasteiger partial charge on any atom is -0.373 e. The number of halogens is 2. The molecule has 0 aliphatic rings. The fourth-order valence-corrected chi connectivity index (χ4v) is 2.36. The van der Waals surface area contributed by atoms with Gasteiger partial charge in [-0.1, -0.05) is 43.5 Å². The van der Waals surface area contributed by atoms with Gasteiger partial charge in [0.1, 0.15) is 0 Å². The van der Waals surface area contributed by atoms with E-state index in [1.165, 1.54) is 19.3 Å². The number of benzene rings is 1. The lowest BCUT2D eigenvalue weighted by Gasteiger charge is -2.23. The van der Waals surface area contributed by atoms with Crippen molar-refractivity contribution < 1.29 is 0 Å². The molecule has 0 amide bonds. The minimum absolute atomic E-state index is 0.508. The predicted octanol–water partition coefficient (Wildman–Crippen LogP) is 4.71. The van der Waals surface area contributed by atoms with Crippen LogP contribution < -0.4 is 4.90 Å². The number of anilines is 1. The Balaban J connectivity index is 2.76. The Kier molecular flexibility index (Phi) is 6.00. The summed E-state index contributed by atoms with van der Waals surface area (Å²) in [5.41, 5.74) is 2.18. The van der Waals surface area contributed by atoms with Gasteiger partial charge in [0.2, 0.25) is 0 Å². The minimum atomic E-state index is 0.508. The number of unbranched alkanes of at least 4 members (excludes halogenated alkanes) is 2. The van der Waals surface area contributed by atoms with Gasteiger partial charge in [-0.15, -0.1) is 11.6 Å². The number of nitrogens with zero attached hydrogens (tertiary/aromatic N) is 1. The molecule has 0 aromatic heterocycles. The largest absolute Gasteiger partial charge is 0.373 e. The molecule has 0 heterocycles. The lowest BCUT2D eigenvalue weighted by atomic mass is 10.1. The van der Waals surface area contributed by atoms with Crippen molar-refractivity contribution in [2.75, 3.05) is 18.5 Å². The van der Waals surface area contributed by atoms with E-state index in [0.717, 1.165) is 22.8 Å². The SMILES string of the molecule is CCCCCN(C)c1c(Cl)cccc1CCl. The Bertz CT molecular complexity index is 326. The van der Waals surface area contributed by atoms with E-state index >= 15 is 0 Å². The molecule has 0 unspecified atom stereocenters. The molecule has 3 heteroatoms. The molecule has 0 aliphatic carbocycles. The fraction of sp³-hybridized carbons (Fsp3) is 0.538. The summed E-state index contributed by atoms with van der Waals surface area (Å²) in [6.45, 7) is 3.24. The van der Waals surface area contributed by atoms with Crippen LogP contribution in [0.2, 0.25) is 5.02 Å². The third kappa shape index (κ3) is 3.57. The van der Waals surface area contributed by atoms with Gasteiger partial charge in [0.05, 0.1) is 10.7 Å². The highest BCUT2D eigenvalue weighted by atomic mass is 35.5. The van der Waals surface area contributed by atoms with Gasteiger partial charge in [0.15, 0.2) is 0 Å². The van der Waals surface area contributed by atoms with Crippen molar-refractivity contribution in [2.45, 2.75) is 32.1 Å². The molecular weight excluding hydrogens is 241 g/mol. The first-order chi connectivity index (χ1) is 7.70. The van der Waals surface area contributed by atoms with Crippen LogP contribution in [0.25, 0.3) is 0 Å². The zero-order valence-corrected chi connectivity index (χ0v) is 11.5. The average Bonchev–Trinajstić information content (AvgIpc) is 2.28. The van der Waals surface area contributed by atoms with E-state index in [2.05, 4.69) is 18.9 Å². The zero-order valence-electron chi connectivity index (χ0n) is 9.97. The van der Waals surface area contributed by atoms with Gasteiger partial charge < -0.3 is 4.90 Å². The van der Waals surface area contributed by atoms with Crippen LogP contribution in [0.1, 0.15) is 31.7 Å². The van der Waals surface area contributed by atoms with Gasteiger partial charge in [-0.3, -0.25) is 0 Å². The molecule has 1 nitrogen and oxygen atoms in total. The maximum absolute atomic E-state index is 6.22. The van der Waals surface area contributed by atoms with Crippen molar-refractivity contribution in [3.8, 4) is 0 Å². The molecule has 1 rings (SSSR count). The van der Waals surface area contributed by atoms with Crippen LogP contribution >= 0.6 is 23.2 Å². The lowest BCUT2D eigenvalue weighted by Crippen LogP contribution is -2.20. The molecule has 90 valence electrons. The highest BCUT2D eigenvalue weighted by Crippen LogP contribution is 2.30. The molecule has 1 aromatic rings. The predicted molar refractivity (Wildman–Crippen MR) is 73.8 cm³/mol. The third-order valence-corrected chi connectivity index (χ3v) is 3.29. The molecule has 0 N–H and O–H groups in total. The number of rotatable bonds is 6. The molecule has 0 spiro atoms. The first kappa shape index (κ1) is 13.7. The van der Waals surface area contributed by atoms with Crippen LogP contribution in [0.4, 0.5) is 5.69 Å². The summed E-state index contributed by atoms with van der Waals surface area (Å²) < 4.78 is 0. The normalized spacial score (nSPS) is 10.5. The second kappa shape index (κ2) is 7.03. The topological polar surface area (TPSA) is 3.24 Å². The highest BCUT2D eigenvalue weighted by molar-refractivity contribution is 6.33. The summed E-state index contributed by atoms with van der Waals surface area (Å²) in [5, 5.41) is 0.789. The number of alkyl halides is 1. The van der Waals surface area contributed by atoms with E-state index in [1.807, 2.05) is 18.2 Å². The van der Waals surface area contributed by atoms with Gasteiger partial charge in [0, 0.05) is 19.5 Å². The van der Waals surface area contributed by atoms with E-state index in [0.29, 0.717) is 5.88 Å². The summed E-state index contributed by atoms with van der Waals surface area (Å²) >= 11 is 12.1.